The number of benzene rings is 1. The molecule has 1 atom stereocenters. The van der Waals surface area contributed by atoms with Crippen molar-refractivity contribution in [2.75, 3.05) is 0 Å². The third-order valence-corrected chi connectivity index (χ3v) is 4.62. The van der Waals surface area contributed by atoms with Crippen LogP contribution in [0.25, 0.3) is 0 Å². The predicted molar refractivity (Wildman–Crippen MR) is 74.0 cm³/mol. The van der Waals surface area contributed by atoms with Crippen LogP contribution in [0.15, 0.2) is 12.1 Å². The molecule has 1 unspecified atom stereocenters. The van der Waals surface area contributed by atoms with Crippen LogP contribution in [0.1, 0.15) is 61.8 Å². The van der Waals surface area contributed by atoms with Gasteiger partial charge >= 0.3 is 0 Å². The monoisotopic (exact) mass is 249 g/mol. The number of rotatable bonds is 2. The highest BCUT2D eigenvalue weighted by molar-refractivity contribution is 5.37. The second-order valence-electron chi connectivity index (χ2n) is 6.15. The minimum atomic E-state index is -0.158. The van der Waals surface area contributed by atoms with Crippen LogP contribution in [0.5, 0.6) is 0 Å². The van der Waals surface area contributed by atoms with E-state index in [4.69, 9.17) is 5.73 Å². The lowest BCUT2D eigenvalue weighted by molar-refractivity contribution is 0.169. The van der Waals surface area contributed by atoms with Crippen molar-refractivity contribution in [3.8, 4) is 0 Å². The normalized spacial score (nSPS) is 20.7. The van der Waals surface area contributed by atoms with Gasteiger partial charge in [0.15, 0.2) is 0 Å². The average molecular weight is 249 g/mol. The zero-order valence-electron chi connectivity index (χ0n) is 11.7. The van der Waals surface area contributed by atoms with Gasteiger partial charge in [-0.05, 0) is 60.9 Å². The number of nitrogens with two attached hydrogens (primary N) is 1. The molecule has 1 aromatic rings. The molecule has 1 saturated carbocycles. The molecule has 1 nitrogen and oxygen atoms in total. The summed E-state index contributed by atoms with van der Waals surface area (Å²) in [4.78, 5) is 0. The Kier molecular flexibility index (Phi) is 3.76. The molecule has 0 amide bonds. The van der Waals surface area contributed by atoms with E-state index in [1.54, 1.807) is 12.1 Å². The van der Waals surface area contributed by atoms with Crippen LogP contribution in [-0.2, 0) is 0 Å². The van der Waals surface area contributed by atoms with Crippen LogP contribution in [0.3, 0.4) is 0 Å². The Morgan fingerprint density at radius 1 is 1.11 bits per heavy atom. The van der Waals surface area contributed by atoms with Gasteiger partial charge in [-0.25, -0.2) is 4.39 Å². The van der Waals surface area contributed by atoms with E-state index in [9.17, 15) is 4.39 Å². The van der Waals surface area contributed by atoms with E-state index in [2.05, 4.69) is 6.92 Å². The van der Waals surface area contributed by atoms with Crippen molar-refractivity contribution in [3.05, 3.63) is 34.6 Å². The van der Waals surface area contributed by atoms with Crippen LogP contribution in [0, 0.1) is 25.1 Å². The molecule has 1 aliphatic carbocycles. The number of hydrogen-bond donors (Lipinski definition) is 1. The quantitative estimate of drug-likeness (QED) is 0.825. The molecule has 2 heteroatoms. The number of hydrogen-bond acceptors (Lipinski definition) is 1. The fourth-order valence-corrected chi connectivity index (χ4v) is 3.43. The lowest BCUT2D eigenvalue weighted by atomic mass is 9.68. The average Bonchev–Trinajstić information content (AvgIpc) is 2.28. The summed E-state index contributed by atoms with van der Waals surface area (Å²) in [5, 5.41) is 0. The van der Waals surface area contributed by atoms with Crippen molar-refractivity contribution >= 4 is 0 Å². The maximum Gasteiger partial charge on any atom is 0.123 e. The fourth-order valence-electron chi connectivity index (χ4n) is 3.43. The Morgan fingerprint density at radius 2 is 1.61 bits per heavy atom. The highest BCUT2D eigenvalue weighted by Gasteiger charge is 2.35. The lowest BCUT2D eigenvalue weighted by Gasteiger charge is -2.40. The van der Waals surface area contributed by atoms with Crippen LogP contribution in [-0.4, -0.2) is 0 Å². The maximum atomic E-state index is 13.4. The molecule has 0 bridgehead atoms. The summed E-state index contributed by atoms with van der Waals surface area (Å²) in [5.74, 6) is -0.158. The largest absolute Gasteiger partial charge is 0.323 e. The number of halogens is 1. The van der Waals surface area contributed by atoms with Crippen molar-refractivity contribution in [1.29, 1.82) is 0 Å². The Balaban J connectivity index is 2.36. The second-order valence-corrected chi connectivity index (χ2v) is 6.15. The Morgan fingerprint density at radius 3 is 2.11 bits per heavy atom. The standard InChI is InChI=1S/C16H24FN/c1-11-9-13(17)10-12(2)14(11)15(18)16(3)7-5-4-6-8-16/h9-10,15H,4-8,18H2,1-3H3. The molecule has 0 aromatic heterocycles. The zero-order valence-corrected chi connectivity index (χ0v) is 11.7. The van der Waals surface area contributed by atoms with E-state index in [0.29, 0.717) is 0 Å². The molecular formula is C16H24FN. The maximum absolute atomic E-state index is 13.4. The van der Waals surface area contributed by atoms with Gasteiger partial charge in [0, 0.05) is 6.04 Å². The smallest absolute Gasteiger partial charge is 0.123 e. The Hall–Kier alpha value is -0.890. The third-order valence-electron chi connectivity index (χ3n) is 4.62. The molecule has 1 aliphatic rings. The first-order valence-corrected chi connectivity index (χ1v) is 6.96. The first-order valence-electron chi connectivity index (χ1n) is 6.96. The zero-order chi connectivity index (χ0) is 13.3. The van der Waals surface area contributed by atoms with E-state index in [0.717, 1.165) is 16.7 Å². The van der Waals surface area contributed by atoms with Gasteiger partial charge in [-0.1, -0.05) is 26.2 Å². The van der Waals surface area contributed by atoms with Crippen LogP contribution in [0.2, 0.25) is 0 Å². The van der Waals surface area contributed by atoms with Gasteiger partial charge in [-0.3, -0.25) is 0 Å². The molecule has 100 valence electrons. The van der Waals surface area contributed by atoms with Crippen LogP contribution >= 0.6 is 0 Å². The first-order chi connectivity index (χ1) is 8.44. The first kappa shape index (κ1) is 13.5. The van der Waals surface area contributed by atoms with E-state index in [1.165, 1.54) is 32.1 Å². The molecule has 2 N–H and O–H groups in total. The van der Waals surface area contributed by atoms with Crippen LogP contribution < -0.4 is 5.73 Å². The van der Waals surface area contributed by atoms with Gasteiger partial charge in [0.05, 0.1) is 0 Å². The number of aryl methyl sites for hydroxylation is 2. The summed E-state index contributed by atoms with van der Waals surface area (Å²) >= 11 is 0. The summed E-state index contributed by atoms with van der Waals surface area (Å²) in [6.45, 7) is 6.23. The van der Waals surface area contributed by atoms with E-state index < -0.39 is 0 Å². The van der Waals surface area contributed by atoms with Crippen molar-refractivity contribution in [2.45, 2.75) is 58.9 Å². The van der Waals surface area contributed by atoms with Crippen molar-refractivity contribution < 1.29 is 4.39 Å². The molecule has 0 heterocycles. The summed E-state index contributed by atoms with van der Waals surface area (Å²) < 4.78 is 13.4. The topological polar surface area (TPSA) is 26.0 Å². The molecule has 18 heavy (non-hydrogen) atoms. The van der Waals surface area contributed by atoms with E-state index >= 15 is 0 Å². The molecule has 2 rings (SSSR count). The van der Waals surface area contributed by atoms with E-state index in [1.807, 2.05) is 13.8 Å². The van der Waals surface area contributed by atoms with Gasteiger partial charge in [0.2, 0.25) is 0 Å². The summed E-state index contributed by atoms with van der Waals surface area (Å²) in [6, 6.07) is 3.24. The molecule has 0 radical (unpaired) electrons. The Labute approximate surface area is 110 Å². The molecule has 0 aliphatic heterocycles. The van der Waals surface area contributed by atoms with E-state index in [-0.39, 0.29) is 17.3 Å². The molecular weight excluding hydrogens is 225 g/mol. The van der Waals surface area contributed by atoms with Crippen molar-refractivity contribution in [1.82, 2.24) is 0 Å². The predicted octanol–water partition coefficient (Wildman–Crippen LogP) is 4.41. The minimum absolute atomic E-state index is 0.0263. The van der Waals surface area contributed by atoms with Gasteiger partial charge in [0.25, 0.3) is 0 Å². The highest BCUT2D eigenvalue weighted by atomic mass is 19.1. The second kappa shape index (κ2) is 5.00. The summed E-state index contributed by atoms with van der Waals surface area (Å²) in [6.07, 6.45) is 6.23. The third kappa shape index (κ3) is 2.44. The Bertz CT molecular complexity index is 410. The van der Waals surface area contributed by atoms with Crippen molar-refractivity contribution in [3.63, 3.8) is 0 Å². The van der Waals surface area contributed by atoms with Gasteiger partial charge < -0.3 is 5.73 Å². The summed E-state index contributed by atoms with van der Waals surface area (Å²) in [5.41, 5.74) is 9.84. The van der Waals surface area contributed by atoms with Gasteiger partial charge in [0.1, 0.15) is 5.82 Å². The molecule has 1 fully saturated rings. The SMILES string of the molecule is Cc1cc(F)cc(C)c1C(N)C1(C)CCCCC1. The minimum Gasteiger partial charge on any atom is -0.323 e. The fraction of sp³-hybridized carbons (Fsp3) is 0.625. The van der Waals surface area contributed by atoms with Gasteiger partial charge in [-0.2, -0.15) is 0 Å². The lowest BCUT2D eigenvalue weighted by Crippen LogP contribution is -2.34. The molecule has 1 aromatic carbocycles. The molecule has 0 spiro atoms. The summed E-state index contributed by atoms with van der Waals surface area (Å²) in [7, 11) is 0. The van der Waals surface area contributed by atoms with Crippen LogP contribution in [0.4, 0.5) is 4.39 Å². The van der Waals surface area contributed by atoms with Crippen molar-refractivity contribution in [2.24, 2.45) is 11.1 Å². The molecule has 0 saturated heterocycles. The highest BCUT2D eigenvalue weighted by Crippen LogP contribution is 2.45. The van der Waals surface area contributed by atoms with Gasteiger partial charge in [-0.15, -0.1) is 0 Å².